The van der Waals surface area contributed by atoms with Crippen LogP contribution in [0.5, 0.6) is 0 Å². The van der Waals surface area contributed by atoms with Gasteiger partial charge in [-0.25, -0.2) is 4.98 Å². The number of rotatable bonds is 5. The van der Waals surface area contributed by atoms with E-state index in [9.17, 15) is 5.11 Å². The van der Waals surface area contributed by atoms with E-state index >= 15 is 0 Å². The number of hydrogen-bond donors (Lipinski definition) is 2. The van der Waals surface area contributed by atoms with Gasteiger partial charge in [-0.2, -0.15) is 4.98 Å². The summed E-state index contributed by atoms with van der Waals surface area (Å²) in [5.74, 6) is 2.13. The highest BCUT2D eigenvalue weighted by Crippen LogP contribution is 2.34. The molecule has 1 saturated heterocycles. The Hall–Kier alpha value is -2.51. The van der Waals surface area contributed by atoms with E-state index in [4.69, 9.17) is 9.51 Å². The van der Waals surface area contributed by atoms with Gasteiger partial charge >= 0.3 is 0 Å². The molecule has 3 aromatic rings. The summed E-state index contributed by atoms with van der Waals surface area (Å²) in [5, 5.41) is 19.1. The molecule has 0 radical (unpaired) electrons. The number of anilines is 1. The molecule has 2 fully saturated rings. The molecule has 1 saturated carbocycles. The van der Waals surface area contributed by atoms with Crippen molar-refractivity contribution in [3.8, 4) is 11.5 Å². The molecule has 164 valence electrons. The van der Waals surface area contributed by atoms with Crippen molar-refractivity contribution >= 4 is 16.7 Å². The van der Waals surface area contributed by atoms with Gasteiger partial charge in [0.1, 0.15) is 5.82 Å². The van der Waals surface area contributed by atoms with E-state index in [1.807, 2.05) is 25.1 Å². The maximum Gasteiger partial charge on any atom is 0.261 e. The molecule has 1 aliphatic heterocycles. The van der Waals surface area contributed by atoms with E-state index in [-0.39, 0.29) is 12.5 Å². The van der Waals surface area contributed by atoms with Crippen LogP contribution in [0.3, 0.4) is 0 Å². The van der Waals surface area contributed by atoms with Crippen molar-refractivity contribution < 1.29 is 9.63 Å². The number of aryl methyl sites for hydroxylation is 1. The number of para-hydroxylation sites is 1. The third-order valence-electron chi connectivity index (χ3n) is 6.78. The molecule has 2 unspecified atom stereocenters. The van der Waals surface area contributed by atoms with Crippen LogP contribution in [-0.4, -0.2) is 52.0 Å². The average Bonchev–Trinajstić information content (AvgIpc) is 3.25. The van der Waals surface area contributed by atoms with Gasteiger partial charge in [-0.15, -0.1) is 0 Å². The molecule has 31 heavy (non-hydrogen) atoms. The van der Waals surface area contributed by atoms with E-state index in [0.717, 1.165) is 41.8 Å². The summed E-state index contributed by atoms with van der Waals surface area (Å²) in [4.78, 5) is 11.7. The lowest BCUT2D eigenvalue weighted by Crippen LogP contribution is -2.53. The summed E-state index contributed by atoms with van der Waals surface area (Å²) in [6, 6.07) is 11.1. The van der Waals surface area contributed by atoms with E-state index in [1.165, 1.54) is 32.1 Å². The Labute approximate surface area is 182 Å². The predicted molar refractivity (Wildman–Crippen MR) is 121 cm³/mol. The Balaban J connectivity index is 1.43. The number of nitrogens with one attached hydrogen (secondary N) is 1. The molecular formula is C24H31N5O2. The van der Waals surface area contributed by atoms with Crippen molar-refractivity contribution in [3.05, 3.63) is 36.2 Å². The summed E-state index contributed by atoms with van der Waals surface area (Å²) in [6.45, 7) is 3.63. The van der Waals surface area contributed by atoms with Gasteiger partial charge < -0.3 is 19.8 Å². The molecule has 0 bridgehead atoms. The minimum atomic E-state index is 0.168. The molecule has 2 N–H and O–H groups in total. The molecule has 3 heterocycles. The van der Waals surface area contributed by atoms with Crippen LogP contribution >= 0.6 is 0 Å². The zero-order valence-corrected chi connectivity index (χ0v) is 18.1. The monoisotopic (exact) mass is 421 g/mol. The first-order chi connectivity index (χ1) is 15.2. The zero-order chi connectivity index (χ0) is 21.2. The third-order valence-corrected chi connectivity index (χ3v) is 6.78. The van der Waals surface area contributed by atoms with Gasteiger partial charge in [0.05, 0.1) is 11.1 Å². The van der Waals surface area contributed by atoms with Crippen molar-refractivity contribution in [3.63, 3.8) is 0 Å². The molecule has 5 rings (SSSR count). The van der Waals surface area contributed by atoms with Crippen LogP contribution in [0.25, 0.3) is 22.4 Å². The molecule has 7 nitrogen and oxygen atoms in total. The summed E-state index contributed by atoms with van der Waals surface area (Å²) < 4.78 is 5.52. The maximum atomic E-state index is 10.2. The molecule has 7 heteroatoms. The predicted octanol–water partition coefficient (Wildman–Crippen LogP) is 3.70. The first kappa shape index (κ1) is 20.4. The van der Waals surface area contributed by atoms with Crippen molar-refractivity contribution in [1.82, 2.24) is 20.4 Å². The summed E-state index contributed by atoms with van der Waals surface area (Å²) in [5.41, 5.74) is 1.80. The summed E-state index contributed by atoms with van der Waals surface area (Å²) >= 11 is 0. The van der Waals surface area contributed by atoms with Gasteiger partial charge in [-0.05, 0) is 38.3 Å². The van der Waals surface area contributed by atoms with Gasteiger partial charge in [0.25, 0.3) is 5.89 Å². The largest absolute Gasteiger partial charge is 0.396 e. The molecule has 2 aliphatic rings. The lowest BCUT2D eigenvalue weighted by molar-refractivity contribution is 0.160. The minimum absolute atomic E-state index is 0.168. The van der Waals surface area contributed by atoms with E-state index in [1.54, 1.807) is 0 Å². The normalized spacial score (nSPS) is 22.8. The highest BCUT2D eigenvalue weighted by molar-refractivity contribution is 5.87. The van der Waals surface area contributed by atoms with Gasteiger partial charge in [-0.1, -0.05) is 42.6 Å². The third kappa shape index (κ3) is 4.29. The van der Waals surface area contributed by atoms with E-state index in [0.29, 0.717) is 23.8 Å². The van der Waals surface area contributed by atoms with Gasteiger partial charge in [-0.3, -0.25) is 0 Å². The summed E-state index contributed by atoms with van der Waals surface area (Å²) in [6.07, 6.45) is 7.48. The quantitative estimate of drug-likeness (QED) is 0.649. The van der Waals surface area contributed by atoms with Gasteiger partial charge in [0, 0.05) is 43.1 Å². The van der Waals surface area contributed by atoms with E-state index < -0.39 is 0 Å². The molecule has 1 aliphatic carbocycles. The Kier molecular flexibility index (Phi) is 5.87. The zero-order valence-electron chi connectivity index (χ0n) is 18.1. The SMILES string of the molecule is Cc1noc(-c2cc3ccccc3nc2N2CCC(NC3CCCCC3)C(CO)C2)n1. The van der Waals surface area contributed by atoms with Gasteiger partial charge in [0.15, 0.2) is 5.82 Å². The van der Waals surface area contributed by atoms with Crippen LogP contribution in [-0.2, 0) is 0 Å². The first-order valence-electron chi connectivity index (χ1n) is 11.5. The number of benzene rings is 1. The van der Waals surface area contributed by atoms with Crippen LogP contribution in [0.1, 0.15) is 44.3 Å². The number of fused-ring (bicyclic) bond motifs is 1. The number of hydrogen-bond acceptors (Lipinski definition) is 7. The van der Waals surface area contributed by atoms with Crippen molar-refractivity contribution in [2.45, 2.75) is 57.5 Å². The molecule has 2 atom stereocenters. The van der Waals surface area contributed by atoms with Crippen molar-refractivity contribution in [2.75, 3.05) is 24.6 Å². The Morgan fingerprint density at radius 1 is 1.13 bits per heavy atom. The highest BCUT2D eigenvalue weighted by atomic mass is 16.5. The first-order valence-corrected chi connectivity index (χ1v) is 11.5. The second kappa shape index (κ2) is 8.93. The molecule has 0 amide bonds. The standard InChI is InChI=1S/C24H31N5O2/c1-16-25-24(31-28-16)20-13-17-7-5-6-10-21(17)27-23(20)29-12-11-22(18(14-29)15-30)26-19-8-3-2-4-9-19/h5-7,10,13,18-19,22,26,30H,2-4,8-9,11-12,14-15H2,1H3. The number of nitrogens with zero attached hydrogens (tertiary/aromatic N) is 4. The van der Waals surface area contributed by atoms with E-state index in [2.05, 4.69) is 32.5 Å². The van der Waals surface area contributed by atoms with Crippen LogP contribution in [0.15, 0.2) is 34.9 Å². The number of aliphatic hydroxyl groups excluding tert-OH is 1. The lowest BCUT2D eigenvalue weighted by Gasteiger charge is -2.41. The number of aliphatic hydroxyl groups is 1. The highest BCUT2D eigenvalue weighted by Gasteiger charge is 2.33. The second-order valence-electron chi connectivity index (χ2n) is 8.98. The second-order valence-corrected chi connectivity index (χ2v) is 8.98. The molecule has 1 aromatic carbocycles. The number of aromatic nitrogens is 3. The van der Waals surface area contributed by atoms with Crippen LogP contribution in [0.4, 0.5) is 5.82 Å². The van der Waals surface area contributed by atoms with Crippen molar-refractivity contribution in [1.29, 1.82) is 0 Å². The van der Waals surface area contributed by atoms with Crippen LogP contribution < -0.4 is 10.2 Å². The number of piperidine rings is 1. The smallest absolute Gasteiger partial charge is 0.261 e. The average molecular weight is 422 g/mol. The fourth-order valence-corrected chi connectivity index (χ4v) is 5.11. The summed E-state index contributed by atoms with van der Waals surface area (Å²) in [7, 11) is 0. The van der Waals surface area contributed by atoms with Crippen LogP contribution in [0, 0.1) is 12.8 Å². The fourth-order valence-electron chi connectivity index (χ4n) is 5.11. The maximum absolute atomic E-state index is 10.2. The lowest BCUT2D eigenvalue weighted by atomic mass is 9.89. The Bertz CT molecular complexity index is 1030. The molecule has 0 spiro atoms. The Morgan fingerprint density at radius 2 is 1.97 bits per heavy atom. The van der Waals surface area contributed by atoms with Gasteiger partial charge in [0.2, 0.25) is 0 Å². The fraction of sp³-hybridized carbons (Fsp3) is 0.542. The topological polar surface area (TPSA) is 87.3 Å². The Morgan fingerprint density at radius 3 is 2.74 bits per heavy atom. The molecular weight excluding hydrogens is 390 g/mol. The minimum Gasteiger partial charge on any atom is -0.396 e. The van der Waals surface area contributed by atoms with Crippen LogP contribution in [0.2, 0.25) is 0 Å². The molecule has 2 aromatic heterocycles. The van der Waals surface area contributed by atoms with Crippen molar-refractivity contribution in [2.24, 2.45) is 5.92 Å². The number of pyridine rings is 1.